The molecule has 1 saturated heterocycles. The van der Waals surface area contributed by atoms with Crippen molar-refractivity contribution in [3.63, 3.8) is 0 Å². The third kappa shape index (κ3) is 2.90. The summed E-state index contributed by atoms with van der Waals surface area (Å²) in [4.78, 5) is 14.5. The van der Waals surface area contributed by atoms with Crippen LogP contribution in [0.4, 0.5) is 5.69 Å². The van der Waals surface area contributed by atoms with Crippen molar-refractivity contribution in [2.75, 3.05) is 19.6 Å². The van der Waals surface area contributed by atoms with Crippen molar-refractivity contribution in [2.45, 2.75) is 10.9 Å². The van der Waals surface area contributed by atoms with Crippen LogP contribution in [0.25, 0.3) is 0 Å². The summed E-state index contributed by atoms with van der Waals surface area (Å²) >= 11 is 0. The van der Waals surface area contributed by atoms with Crippen LogP contribution in [0, 0.1) is 10.1 Å². The lowest BCUT2D eigenvalue weighted by Crippen LogP contribution is -2.49. The minimum Gasteiger partial charge on any atom is -0.337 e. The molecule has 1 unspecified atom stereocenters. The van der Waals surface area contributed by atoms with Gasteiger partial charge < -0.3 is 9.88 Å². The Bertz CT molecular complexity index is 864. The first-order valence-corrected chi connectivity index (χ1v) is 8.79. The molecule has 0 radical (unpaired) electrons. The van der Waals surface area contributed by atoms with E-state index in [4.69, 9.17) is 0 Å². The van der Waals surface area contributed by atoms with Crippen molar-refractivity contribution in [1.29, 1.82) is 0 Å². The van der Waals surface area contributed by atoms with Gasteiger partial charge in [0.2, 0.25) is 10.0 Å². The number of hydrogen-bond acceptors (Lipinski definition) is 6. The van der Waals surface area contributed by atoms with Gasteiger partial charge in [0.15, 0.2) is 0 Å². The zero-order valence-corrected chi connectivity index (χ0v) is 13.8. The summed E-state index contributed by atoms with van der Waals surface area (Å²) in [6.45, 7) is 1.21. The summed E-state index contributed by atoms with van der Waals surface area (Å²) in [5.41, 5.74) is -0.250. The second-order valence-electron chi connectivity index (χ2n) is 5.49. The van der Waals surface area contributed by atoms with Gasteiger partial charge in [-0.15, -0.1) is 0 Å². The SMILES string of the molecule is Cn1ccnc1C1CNCCN1S(=O)(=O)c1cccc([N+](=O)[O-])c1. The van der Waals surface area contributed by atoms with E-state index in [0.29, 0.717) is 18.9 Å². The molecule has 1 atom stereocenters. The zero-order valence-electron chi connectivity index (χ0n) is 13.0. The molecule has 0 bridgehead atoms. The second-order valence-corrected chi connectivity index (χ2v) is 7.38. The number of piperazine rings is 1. The van der Waals surface area contributed by atoms with Gasteiger partial charge in [0.25, 0.3) is 5.69 Å². The van der Waals surface area contributed by atoms with Crippen LogP contribution < -0.4 is 5.32 Å². The number of aromatic nitrogens is 2. The summed E-state index contributed by atoms with van der Waals surface area (Å²) in [7, 11) is -2.07. The number of nitro groups is 1. The fraction of sp³-hybridized carbons (Fsp3) is 0.357. The molecule has 24 heavy (non-hydrogen) atoms. The van der Waals surface area contributed by atoms with E-state index in [1.807, 2.05) is 0 Å². The molecule has 0 aliphatic carbocycles. The fourth-order valence-electron chi connectivity index (χ4n) is 2.78. The van der Waals surface area contributed by atoms with Crippen LogP contribution in [0.2, 0.25) is 0 Å². The number of aryl methyl sites for hydroxylation is 1. The topological polar surface area (TPSA) is 110 Å². The smallest absolute Gasteiger partial charge is 0.270 e. The minimum atomic E-state index is -3.87. The van der Waals surface area contributed by atoms with Gasteiger partial charge in [0, 0.05) is 51.2 Å². The van der Waals surface area contributed by atoms with Crippen LogP contribution in [-0.4, -0.2) is 46.8 Å². The summed E-state index contributed by atoms with van der Waals surface area (Å²) in [5.74, 6) is 0.621. The predicted molar refractivity (Wildman–Crippen MR) is 85.8 cm³/mol. The fourth-order valence-corrected chi connectivity index (χ4v) is 4.41. The lowest BCUT2D eigenvalue weighted by atomic mass is 10.2. The van der Waals surface area contributed by atoms with E-state index >= 15 is 0 Å². The van der Waals surface area contributed by atoms with E-state index in [0.717, 1.165) is 6.07 Å². The molecule has 0 saturated carbocycles. The number of non-ortho nitro benzene ring substituents is 1. The number of benzene rings is 1. The third-order valence-electron chi connectivity index (χ3n) is 3.99. The largest absolute Gasteiger partial charge is 0.337 e. The van der Waals surface area contributed by atoms with Crippen molar-refractivity contribution >= 4 is 15.7 Å². The van der Waals surface area contributed by atoms with Gasteiger partial charge in [0.1, 0.15) is 5.82 Å². The van der Waals surface area contributed by atoms with Crippen LogP contribution in [-0.2, 0) is 17.1 Å². The average molecular weight is 351 g/mol. The number of nitro benzene ring substituents is 1. The molecule has 128 valence electrons. The number of nitrogens with zero attached hydrogens (tertiary/aromatic N) is 4. The molecule has 2 heterocycles. The van der Waals surface area contributed by atoms with Crippen molar-refractivity contribution in [1.82, 2.24) is 19.2 Å². The Hall–Kier alpha value is -2.30. The summed E-state index contributed by atoms with van der Waals surface area (Å²) in [6, 6.07) is 4.64. The standard InChI is InChI=1S/C14H17N5O4S/c1-17-7-6-16-14(17)13-10-15-5-8-18(13)24(22,23)12-4-2-3-11(9-12)19(20)21/h2-4,6-7,9,13,15H,5,8,10H2,1H3. The molecule has 9 nitrogen and oxygen atoms in total. The van der Waals surface area contributed by atoms with Gasteiger partial charge in [-0.05, 0) is 6.07 Å². The highest BCUT2D eigenvalue weighted by Crippen LogP contribution is 2.29. The van der Waals surface area contributed by atoms with Gasteiger partial charge in [-0.2, -0.15) is 4.31 Å². The third-order valence-corrected chi connectivity index (χ3v) is 5.89. The molecule has 3 rings (SSSR count). The number of hydrogen-bond donors (Lipinski definition) is 1. The Morgan fingerprint density at radius 2 is 2.21 bits per heavy atom. The highest BCUT2D eigenvalue weighted by atomic mass is 32.2. The van der Waals surface area contributed by atoms with Crippen molar-refractivity contribution in [3.8, 4) is 0 Å². The van der Waals surface area contributed by atoms with E-state index in [-0.39, 0.29) is 17.1 Å². The molecule has 1 aromatic carbocycles. The summed E-state index contributed by atoms with van der Waals surface area (Å²) < 4.78 is 29.2. The molecular formula is C14H17N5O4S. The monoisotopic (exact) mass is 351 g/mol. The Morgan fingerprint density at radius 1 is 1.42 bits per heavy atom. The minimum absolute atomic E-state index is 0.0854. The summed E-state index contributed by atoms with van der Waals surface area (Å²) in [6.07, 6.45) is 3.37. The average Bonchev–Trinajstić information content (AvgIpc) is 3.01. The zero-order chi connectivity index (χ0) is 17.3. The number of imidazole rings is 1. The van der Waals surface area contributed by atoms with Crippen molar-refractivity contribution < 1.29 is 13.3 Å². The van der Waals surface area contributed by atoms with Crippen LogP contribution >= 0.6 is 0 Å². The normalized spacial score (nSPS) is 19.3. The van der Waals surface area contributed by atoms with Crippen molar-refractivity contribution in [2.24, 2.45) is 7.05 Å². The Morgan fingerprint density at radius 3 is 2.88 bits per heavy atom. The van der Waals surface area contributed by atoms with E-state index in [1.165, 1.54) is 22.5 Å². The highest BCUT2D eigenvalue weighted by molar-refractivity contribution is 7.89. The summed E-state index contributed by atoms with van der Waals surface area (Å²) in [5, 5.41) is 14.1. The van der Waals surface area contributed by atoms with Crippen LogP contribution in [0.15, 0.2) is 41.6 Å². The Balaban J connectivity index is 2.02. The molecule has 2 aromatic rings. The van der Waals surface area contributed by atoms with Crippen LogP contribution in [0.3, 0.4) is 0 Å². The van der Waals surface area contributed by atoms with Gasteiger partial charge in [-0.25, -0.2) is 13.4 Å². The Labute approximate surface area is 139 Å². The van der Waals surface area contributed by atoms with E-state index in [9.17, 15) is 18.5 Å². The first kappa shape index (κ1) is 16.6. The molecule has 1 aliphatic rings. The van der Waals surface area contributed by atoms with Gasteiger partial charge in [-0.3, -0.25) is 10.1 Å². The van der Waals surface area contributed by atoms with Gasteiger partial charge in [0.05, 0.1) is 15.9 Å². The maximum atomic E-state index is 13.0. The molecule has 0 spiro atoms. The van der Waals surface area contributed by atoms with Crippen molar-refractivity contribution in [3.05, 3.63) is 52.6 Å². The maximum absolute atomic E-state index is 13.0. The molecule has 10 heteroatoms. The molecule has 1 aliphatic heterocycles. The van der Waals surface area contributed by atoms with Crippen LogP contribution in [0.5, 0.6) is 0 Å². The first-order valence-electron chi connectivity index (χ1n) is 7.35. The second kappa shape index (κ2) is 6.30. The van der Waals surface area contributed by atoms with Crippen LogP contribution in [0.1, 0.15) is 11.9 Å². The highest BCUT2D eigenvalue weighted by Gasteiger charge is 2.36. The van der Waals surface area contributed by atoms with Gasteiger partial charge in [-0.1, -0.05) is 6.07 Å². The van der Waals surface area contributed by atoms with E-state index in [2.05, 4.69) is 10.3 Å². The quantitative estimate of drug-likeness (QED) is 0.640. The van der Waals surface area contributed by atoms with E-state index in [1.54, 1.807) is 24.0 Å². The lowest BCUT2D eigenvalue weighted by molar-refractivity contribution is -0.385. The number of nitrogens with one attached hydrogen (secondary N) is 1. The van der Waals surface area contributed by atoms with Gasteiger partial charge >= 0.3 is 0 Å². The molecular weight excluding hydrogens is 334 g/mol. The molecule has 1 N–H and O–H groups in total. The molecule has 1 fully saturated rings. The molecule has 0 amide bonds. The first-order chi connectivity index (χ1) is 11.4. The lowest BCUT2D eigenvalue weighted by Gasteiger charge is -2.34. The maximum Gasteiger partial charge on any atom is 0.270 e. The number of sulfonamides is 1. The van der Waals surface area contributed by atoms with E-state index < -0.39 is 21.0 Å². The molecule has 1 aromatic heterocycles. The number of rotatable bonds is 4. The predicted octanol–water partition coefficient (Wildman–Crippen LogP) is 0.664. The Kier molecular flexibility index (Phi) is 4.35.